The monoisotopic (exact) mass is 272 g/mol. The average Bonchev–Trinajstić information content (AvgIpc) is 2.34. The molecular weight excluding hydrogens is 244 g/mol. The number of carboxylic acid groups (broad SMARTS) is 1. The lowest BCUT2D eigenvalue weighted by atomic mass is 9.95. The summed E-state index contributed by atoms with van der Waals surface area (Å²) in [5, 5.41) is 9.19. The maximum atomic E-state index is 12.2. The van der Waals surface area contributed by atoms with Crippen molar-refractivity contribution in [3.63, 3.8) is 0 Å². The van der Waals surface area contributed by atoms with E-state index in [9.17, 15) is 14.7 Å². The number of carboxylic acids is 1. The number of nitrogens with zero attached hydrogens (tertiary/aromatic N) is 1. The first-order valence-corrected chi connectivity index (χ1v) is 7.05. The number of rotatable bonds is 9. The molecule has 0 aliphatic carbocycles. The maximum absolute atomic E-state index is 12.2. The molecule has 3 N–H and O–H groups in total. The van der Waals surface area contributed by atoms with Crippen molar-refractivity contribution in [1.29, 1.82) is 0 Å². The Morgan fingerprint density at radius 1 is 1.26 bits per heavy atom. The van der Waals surface area contributed by atoms with Gasteiger partial charge in [0.1, 0.15) is 5.54 Å². The summed E-state index contributed by atoms with van der Waals surface area (Å²) in [4.78, 5) is 24.8. The van der Waals surface area contributed by atoms with Crippen LogP contribution in [0.3, 0.4) is 0 Å². The van der Waals surface area contributed by atoms with Crippen LogP contribution in [0.2, 0.25) is 0 Å². The van der Waals surface area contributed by atoms with E-state index in [1.54, 1.807) is 20.8 Å². The van der Waals surface area contributed by atoms with Crippen LogP contribution in [0.25, 0.3) is 0 Å². The molecule has 0 spiro atoms. The van der Waals surface area contributed by atoms with Crippen LogP contribution < -0.4 is 5.73 Å². The van der Waals surface area contributed by atoms with Gasteiger partial charge in [-0.1, -0.05) is 13.3 Å². The normalized spacial score (nSPS) is 13.1. The van der Waals surface area contributed by atoms with E-state index in [0.717, 1.165) is 19.3 Å². The molecule has 19 heavy (non-hydrogen) atoms. The molecule has 1 unspecified atom stereocenters. The van der Waals surface area contributed by atoms with Crippen molar-refractivity contribution in [3.8, 4) is 0 Å². The van der Waals surface area contributed by atoms with Crippen molar-refractivity contribution in [3.05, 3.63) is 0 Å². The first-order valence-electron chi connectivity index (χ1n) is 7.05. The van der Waals surface area contributed by atoms with Gasteiger partial charge in [-0.15, -0.1) is 0 Å². The Bertz CT molecular complexity index is 303. The van der Waals surface area contributed by atoms with Gasteiger partial charge in [0.15, 0.2) is 0 Å². The topological polar surface area (TPSA) is 83.6 Å². The molecule has 0 aliphatic rings. The molecule has 5 nitrogen and oxygen atoms in total. The summed E-state index contributed by atoms with van der Waals surface area (Å²) in [7, 11) is 0. The Morgan fingerprint density at radius 2 is 1.84 bits per heavy atom. The minimum Gasteiger partial charge on any atom is -0.480 e. The largest absolute Gasteiger partial charge is 0.480 e. The molecule has 0 rings (SSSR count). The third-order valence-corrected chi connectivity index (χ3v) is 3.73. The van der Waals surface area contributed by atoms with Crippen LogP contribution in [0.5, 0.6) is 0 Å². The molecule has 1 atom stereocenters. The van der Waals surface area contributed by atoms with E-state index in [2.05, 4.69) is 6.92 Å². The summed E-state index contributed by atoms with van der Waals surface area (Å²) in [5.74, 6) is -0.623. The van der Waals surface area contributed by atoms with E-state index in [0.29, 0.717) is 25.4 Å². The van der Waals surface area contributed by atoms with Crippen molar-refractivity contribution in [2.45, 2.75) is 58.9 Å². The molecule has 0 aromatic rings. The van der Waals surface area contributed by atoms with Gasteiger partial charge in [-0.25, -0.2) is 4.79 Å². The van der Waals surface area contributed by atoms with Gasteiger partial charge in [0.2, 0.25) is 5.91 Å². The molecular formula is C14H28N2O3. The molecule has 0 saturated heterocycles. The van der Waals surface area contributed by atoms with E-state index in [1.807, 2.05) is 0 Å². The fraction of sp³-hybridized carbons (Fsp3) is 0.857. The molecule has 0 aromatic heterocycles. The molecule has 0 aromatic carbocycles. The highest BCUT2D eigenvalue weighted by molar-refractivity contribution is 5.86. The molecule has 0 radical (unpaired) electrons. The van der Waals surface area contributed by atoms with Gasteiger partial charge in [-0.3, -0.25) is 4.79 Å². The predicted molar refractivity (Wildman–Crippen MR) is 75.8 cm³/mol. The van der Waals surface area contributed by atoms with E-state index < -0.39 is 11.5 Å². The molecule has 0 saturated carbocycles. The van der Waals surface area contributed by atoms with Gasteiger partial charge in [0.25, 0.3) is 0 Å². The second kappa shape index (κ2) is 8.15. The van der Waals surface area contributed by atoms with Gasteiger partial charge < -0.3 is 15.7 Å². The fourth-order valence-electron chi connectivity index (χ4n) is 2.25. The number of hydrogen-bond acceptors (Lipinski definition) is 3. The lowest BCUT2D eigenvalue weighted by Crippen LogP contribution is -2.52. The van der Waals surface area contributed by atoms with Crippen LogP contribution in [-0.2, 0) is 9.59 Å². The summed E-state index contributed by atoms with van der Waals surface area (Å²) in [6.45, 7) is 8.06. The fourth-order valence-corrected chi connectivity index (χ4v) is 2.25. The zero-order valence-corrected chi connectivity index (χ0v) is 12.6. The number of amides is 1. The zero-order chi connectivity index (χ0) is 15.1. The quantitative estimate of drug-likeness (QED) is 0.671. The second-order valence-electron chi connectivity index (χ2n) is 5.39. The molecule has 0 aliphatic heterocycles. The molecule has 0 fully saturated rings. The Labute approximate surface area is 116 Å². The predicted octanol–water partition coefficient (Wildman–Crippen LogP) is 1.85. The van der Waals surface area contributed by atoms with Crippen LogP contribution in [0.15, 0.2) is 0 Å². The zero-order valence-electron chi connectivity index (χ0n) is 12.6. The molecule has 1 amide bonds. The van der Waals surface area contributed by atoms with E-state index >= 15 is 0 Å². The summed E-state index contributed by atoms with van der Waals surface area (Å²) >= 11 is 0. The number of aliphatic carboxylic acids is 1. The third-order valence-electron chi connectivity index (χ3n) is 3.73. The van der Waals surface area contributed by atoms with Crippen LogP contribution in [0.4, 0.5) is 0 Å². The number of carbonyl (C=O) groups is 2. The molecule has 0 bridgehead atoms. The highest BCUT2D eigenvalue weighted by Crippen LogP contribution is 2.20. The molecule has 112 valence electrons. The van der Waals surface area contributed by atoms with Crippen LogP contribution in [0, 0.1) is 5.92 Å². The average molecular weight is 272 g/mol. The first kappa shape index (κ1) is 17.9. The van der Waals surface area contributed by atoms with Crippen molar-refractivity contribution in [2.75, 3.05) is 13.1 Å². The SMILES string of the molecule is CCC(CCN)CCC(=O)N(CC)C(C)(C)C(=O)O. The van der Waals surface area contributed by atoms with E-state index in [4.69, 9.17) is 5.73 Å². The lowest BCUT2D eigenvalue weighted by Gasteiger charge is -2.34. The Morgan fingerprint density at radius 3 is 2.21 bits per heavy atom. The van der Waals surface area contributed by atoms with Crippen molar-refractivity contribution >= 4 is 11.9 Å². The van der Waals surface area contributed by atoms with Gasteiger partial charge in [-0.2, -0.15) is 0 Å². The minimum absolute atomic E-state index is 0.0922. The summed E-state index contributed by atoms with van der Waals surface area (Å²) in [6.07, 6.45) is 3.08. The summed E-state index contributed by atoms with van der Waals surface area (Å²) in [5.41, 5.74) is 4.38. The smallest absolute Gasteiger partial charge is 0.329 e. The van der Waals surface area contributed by atoms with E-state index in [1.165, 1.54) is 4.90 Å². The van der Waals surface area contributed by atoms with Gasteiger partial charge >= 0.3 is 5.97 Å². The maximum Gasteiger partial charge on any atom is 0.329 e. The number of likely N-dealkylation sites (N-methyl/N-ethyl adjacent to an activating group) is 1. The Kier molecular flexibility index (Phi) is 7.68. The van der Waals surface area contributed by atoms with Crippen molar-refractivity contribution in [1.82, 2.24) is 4.90 Å². The van der Waals surface area contributed by atoms with Crippen LogP contribution >= 0.6 is 0 Å². The summed E-state index contributed by atoms with van der Waals surface area (Å²) < 4.78 is 0. The van der Waals surface area contributed by atoms with Crippen LogP contribution in [0.1, 0.15) is 53.4 Å². The number of nitrogens with two attached hydrogens (primary N) is 1. The number of hydrogen-bond donors (Lipinski definition) is 2. The van der Waals surface area contributed by atoms with Gasteiger partial charge in [0.05, 0.1) is 0 Å². The lowest BCUT2D eigenvalue weighted by molar-refractivity contribution is -0.156. The first-order chi connectivity index (χ1) is 8.81. The number of carbonyl (C=O) groups excluding carboxylic acids is 1. The van der Waals surface area contributed by atoms with Crippen molar-refractivity contribution < 1.29 is 14.7 Å². The molecule has 0 heterocycles. The van der Waals surface area contributed by atoms with E-state index in [-0.39, 0.29) is 5.91 Å². The highest BCUT2D eigenvalue weighted by Gasteiger charge is 2.36. The van der Waals surface area contributed by atoms with Crippen molar-refractivity contribution in [2.24, 2.45) is 11.7 Å². The van der Waals surface area contributed by atoms with Gasteiger partial charge in [0, 0.05) is 13.0 Å². The Balaban J connectivity index is 4.57. The van der Waals surface area contributed by atoms with Gasteiger partial charge in [-0.05, 0) is 46.1 Å². The highest BCUT2D eigenvalue weighted by atomic mass is 16.4. The minimum atomic E-state index is -1.15. The third kappa shape index (κ3) is 5.19. The summed E-state index contributed by atoms with van der Waals surface area (Å²) in [6, 6.07) is 0. The standard InChI is InChI=1S/C14H28N2O3/c1-5-11(9-10-15)7-8-12(17)16(6-2)14(3,4)13(18)19/h11H,5-10,15H2,1-4H3,(H,18,19). The van der Waals surface area contributed by atoms with Crippen LogP contribution in [-0.4, -0.2) is 40.5 Å². The second-order valence-corrected chi connectivity index (χ2v) is 5.39. The Hall–Kier alpha value is -1.10. The molecule has 5 heteroatoms.